The SMILES string of the molecule is C=C1CN(S(=O)(=O)C(C)(C)C)[C@H](C(=O)OCC)[C@@H]1C. The van der Waals surface area contributed by atoms with E-state index in [0.29, 0.717) is 0 Å². The molecule has 2 atom stereocenters. The normalized spacial score (nSPS) is 25.6. The van der Waals surface area contributed by atoms with Gasteiger partial charge in [0.15, 0.2) is 0 Å². The summed E-state index contributed by atoms with van der Waals surface area (Å²) in [6, 6.07) is -0.795. The van der Waals surface area contributed by atoms with Crippen LogP contribution in [0.25, 0.3) is 0 Å². The molecule has 0 aromatic heterocycles. The van der Waals surface area contributed by atoms with Crippen molar-refractivity contribution in [2.24, 2.45) is 5.92 Å². The summed E-state index contributed by atoms with van der Waals surface area (Å²) in [7, 11) is -3.58. The van der Waals surface area contributed by atoms with E-state index in [0.717, 1.165) is 5.57 Å². The van der Waals surface area contributed by atoms with Gasteiger partial charge in [-0.2, -0.15) is 4.31 Å². The molecule has 6 heteroatoms. The van der Waals surface area contributed by atoms with Crippen LogP contribution in [0.1, 0.15) is 34.6 Å². The van der Waals surface area contributed by atoms with Crippen molar-refractivity contribution in [3.05, 3.63) is 12.2 Å². The lowest BCUT2D eigenvalue weighted by molar-refractivity contribution is -0.147. The van der Waals surface area contributed by atoms with Gasteiger partial charge in [0.05, 0.1) is 11.4 Å². The van der Waals surface area contributed by atoms with Crippen LogP contribution in [0.5, 0.6) is 0 Å². The van der Waals surface area contributed by atoms with E-state index in [1.807, 2.05) is 6.92 Å². The average molecular weight is 289 g/mol. The van der Waals surface area contributed by atoms with Gasteiger partial charge in [-0.1, -0.05) is 19.1 Å². The molecule has 0 N–H and O–H groups in total. The maximum atomic E-state index is 12.5. The second-order valence-electron chi connectivity index (χ2n) is 5.81. The summed E-state index contributed by atoms with van der Waals surface area (Å²) in [6.45, 7) is 12.7. The minimum atomic E-state index is -3.58. The first-order valence-corrected chi connectivity index (χ1v) is 7.83. The van der Waals surface area contributed by atoms with Crippen LogP contribution < -0.4 is 0 Å². The van der Waals surface area contributed by atoms with Gasteiger partial charge >= 0.3 is 5.97 Å². The van der Waals surface area contributed by atoms with E-state index in [1.165, 1.54) is 4.31 Å². The monoisotopic (exact) mass is 289 g/mol. The van der Waals surface area contributed by atoms with Crippen molar-refractivity contribution in [3.63, 3.8) is 0 Å². The van der Waals surface area contributed by atoms with E-state index in [2.05, 4.69) is 6.58 Å². The number of carbonyl (C=O) groups is 1. The molecule has 1 saturated heterocycles. The molecule has 0 aromatic rings. The van der Waals surface area contributed by atoms with Crippen LogP contribution in [-0.4, -0.2) is 42.6 Å². The van der Waals surface area contributed by atoms with E-state index in [4.69, 9.17) is 4.74 Å². The quantitative estimate of drug-likeness (QED) is 0.584. The molecule has 1 fully saturated rings. The third kappa shape index (κ3) is 2.84. The third-order valence-electron chi connectivity index (χ3n) is 3.40. The molecule has 0 amide bonds. The first-order valence-electron chi connectivity index (χ1n) is 6.39. The van der Waals surface area contributed by atoms with E-state index in [1.54, 1.807) is 27.7 Å². The van der Waals surface area contributed by atoms with Crippen molar-refractivity contribution in [2.45, 2.75) is 45.4 Å². The Morgan fingerprint density at radius 3 is 2.42 bits per heavy atom. The van der Waals surface area contributed by atoms with Crippen LogP contribution in [-0.2, 0) is 19.6 Å². The Hall–Kier alpha value is -0.880. The molecule has 1 heterocycles. The Morgan fingerprint density at radius 2 is 2.00 bits per heavy atom. The fourth-order valence-electron chi connectivity index (χ4n) is 2.05. The van der Waals surface area contributed by atoms with E-state index in [9.17, 15) is 13.2 Å². The van der Waals surface area contributed by atoms with E-state index in [-0.39, 0.29) is 19.1 Å². The zero-order valence-electron chi connectivity index (χ0n) is 12.3. The molecule has 19 heavy (non-hydrogen) atoms. The van der Waals surface area contributed by atoms with Crippen molar-refractivity contribution >= 4 is 16.0 Å². The number of nitrogens with zero attached hydrogens (tertiary/aromatic N) is 1. The van der Waals surface area contributed by atoms with Gasteiger partial charge in [-0.3, -0.25) is 4.79 Å². The van der Waals surface area contributed by atoms with Gasteiger partial charge in [-0.05, 0) is 27.7 Å². The minimum Gasteiger partial charge on any atom is -0.465 e. The lowest BCUT2D eigenvalue weighted by atomic mass is 10.00. The number of hydrogen-bond acceptors (Lipinski definition) is 4. The van der Waals surface area contributed by atoms with E-state index >= 15 is 0 Å². The molecular weight excluding hydrogens is 266 g/mol. The fourth-order valence-corrected chi connectivity index (χ4v) is 3.66. The first-order chi connectivity index (χ1) is 8.54. The minimum absolute atomic E-state index is 0.185. The number of carbonyl (C=O) groups excluding carboxylic acids is 1. The van der Waals surface area contributed by atoms with Crippen molar-refractivity contribution in [1.82, 2.24) is 4.31 Å². The number of esters is 1. The topological polar surface area (TPSA) is 63.7 Å². The molecule has 1 aliphatic rings. The van der Waals surface area contributed by atoms with Crippen LogP contribution in [0.4, 0.5) is 0 Å². The van der Waals surface area contributed by atoms with Crippen LogP contribution in [0.2, 0.25) is 0 Å². The Labute approximate surface area is 115 Å². The van der Waals surface area contributed by atoms with Gasteiger partial charge in [0.2, 0.25) is 10.0 Å². The summed E-state index contributed by atoms with van der Waals surface area (Å²) >= 11 is 0. The number of ether oxygens (including phenoxy) is 1. The van der Waals surface area contributed by atoms with Crippen LogP contribution in [0.15, 0.2) is 12.2 Å². The highest BCUT2D eigenvalue weighted by Crippen LogP contribution is 2.35. The Kier molecular flexibility index (Phi) is 4.47. The second kappa shape index (κ2) is 5.25. The molecule has 0 radical (unpaired) electrons. The molecular formula is C13H23NO4S. The molecule has 0 aromatic carbocycles. The van der Waals surface area contributed by atoms with Gasteiger partial charge in [0.25, 0.3) is 0 Å². The smallest absolute Gasteiger partial charge is 0.325 e. The van der Waals surface area contributed by atoms with Crippen molar-refractivity contribution in [1.29, 1.82) is 0 Å². The summed E-state index contributed by atoms with van der Waals surface area (Å²) in [6.07, 6.45) is 0. The van der Waals surface area contributed by atoms with Gasteiger partial charge in [0.1, 0.15) is 6.04 Å². The maximum absolute atomic E-state index is 12.5. The van der Waals surface area contributed by atoms with Crippen LogP contribution >= 0.6 is 0 Å². The average Bonchev–Trinajstić information content (AvgIpc) is 2.55. The highest BCUT2D eigenvalue weighted by atomic mass is 32.2. The summed E-state index contributed by atoms with van der Waals surface area (Å²) in [4.78, 5) is 12.0. The van der Waals surface area contributed by atoms with Crippen molar-refractivity contribution in [2.75, 3.05) is 13.2 Å². The molecule has 0 saturated carbocycles. The highest BCUT2D eigenvalue weighted by molar-refractivity contribution is 7.90. The molecule has 0 spiro atoms. The molecule has 110 valence electrons. The van der Waals surface area contributed by atoms with Crippen LogP contribution in [0, 0.1) is 5.92 Å². The van der Waals surface area contributed by atoms with Crippen LogP contribution in [0.3, 0.4) is 0 Å². The molecule has 0 unspecified atom stereocenters. The fraction of sp³-hybridized carbons (Fsp3) is 0.769. The van der Waals surface area contributed by atoms with E-state index < -0.39 is 26.8 Å². The standard InChI is InChI=1S/C13H23NO4S/c1-7-18-12(15)11-10(3)9(2)8-14(11)19(16,17)13(4,5)6/h10-11H,2,7-8H2,1,3-6H3/t10-,11+/m1/s1. The third-order valence-corrected chi connectivity index (χ3v) is 5.92. The summed E-state index contributed by atoms with van der Waals surface area (Å²) < 4.78 is 30.4. The Morgan fingerprint density at radius 1 is 1.47 bits per heavy atom. The number of rotatable bonds is 3. The largest absolute Gasteiger partial charge is 0.465 e. The summed E-state index contributed by atoms with van der Waals surface area (Å²) in [5.41, 5.74) is 0.742. The lowest BCUT2D eigenvalue weighted by Gasteiger charge is -2.30. The zero-order valence-corrected chi connectivity index (χ0v) is 13.1. The Bertz CT molecular complexity index is 475. The zero-order chi connectivity index (χ0) is 15.0. The maximum Gasteiger partial charge on any atom is 0.325 e. The highest BCUT2D eigenvalue weighted by Gasteiger charge is 2.49. The van der Waals surface area contributed by atoms with Gasteiger partial charge in [0, 0.05) is 12.5 Å². The second-order valence-corrected chi connectivity index (χ2v) is 8.45. The molecule has 5 nitrogen and oxygen atoms in total. The molecule has 1 rings (SSSR count). The molecule has 1 aliphatic heterocycles. The number of hydrogen-bond donors (Lipinski definition) is 0. The van der Waals surface area contributed by atoms with Gasteiger partial charge < -0.3 is 4.74 Å². The predicted octanol–water partition coefficient (Wildman–Crippen LogP) is 1.55. The Balaban J connectivity index is 3.19. The lowest BCUT2D eigenvalue weighted by Crippen LogP contribution is -2.49. The van der Waals surface area contributed by atoms with Gasteiger partial charge in [-0.25, -0.2) is 8.42 Å². The summed E-state index contributed by atoms with van der Waals surface area (Å²) in [5, 5.41) is 0. The molecule has 0 bridgehead atoms. The molecule has 0 aliphatic carbocycles. The van der Waals surface area contributed by atoms with Gasteiger partial charge in [-0.15, -0.1) is 0 Å². The number of sulfonamides is 1. The van der Waals surface area contributed by atoms with Crippen molar-refractivity contribution in [3.8, 4) is 0 Å². The van der Waals surface area contributed by atoms with Crippen molar-refractivity contribution < 1.29 is 17.9 Å². The predicted molar refractivity (Wildman–Crippen MR) is 74.1 cm³/mol. The first kappa shape index (κ1) is 16.2. The summed E-state index contributed by atoms with van der Waals surface area (Å²) in [5.74, 6) is -0.724.